The Labute approximate surface area is 205 Å². The van der Waals surface area contributed by atoms with Gasteiger partial charge in [0, 0.05) is 5.69 Å². The standard InChI is InChI=1S/C26H20ClFN4O3/c1-2-23(33)32-10-11-34-25-21(32)8-7-20-24(25)26(30-15-29-20)31-18-6-9-22(19(27)13-18)35-14-16-4-3-5-17(28)12-16/h2-9,12-13,15H,1,10-11,14H2,(H,29,30,31). The fraction of sp³-hybridized carbons (Fsp3) is 0.115. The number of rotatable bonds is 6. The van der Waals surface area contributed by atoms with Crippen molar-refractivity contribution in [3.8, 4) is 11.5 Å². The number of ether oxygens (including phenoxy) is 2. The second-order valence-corrected chi connectivity index (χ2v) is 8.17. The molecule has 1 amide bonds. The summed E-state index contributed by atoms with van der Waals surface area (Å²) in [4.78, 5) is 22.7. The van der Waals surface area contributed by atoms with E-state index in [1.165, 1.54) is 24.5 Å². The summed E-state index contributed by atoms with van der Waals surface area (Å²) in [5, 5.41) is 4.29. The molecule has 3 aromatic carbocycles. The Morgan fingerprint density at radius 1 is 1.23 bits per heavy atom. The van der Waals surface area contributed by atoms with Crippen molar-refractivity contribution in [2.45, 2.75) is 6.61 Å². The Balaban J connectivity index is 1.43. The molecule has 0 saturated heterocycles. The third-order valence-electron chi connectivity index (χ3n) is 5.51. The molecule has 0 fully saturated rings. The van der Waals surface area contributed by atoms with Crippen molar-refractivity contribution in [1.82, 2.24) is 9.97 Å². The Morgan fingerprint density at radius 3 is 2.91 bits per heavy atom. The maximum Gasteiger partial charge on any atom is 0.250 e. The van der Waals surface area contributed by atoms with Gasteiger partial charge in [0.15, 0.2) is 5.75 Å². The third kappa shape index (κ3) is 4.61. The number of nitrogens with zero attached hydrogens (tertiary/aromatic N) is 3. The molecule has 35 heavy (non-hydrogen) atoms. The van der Waals surface area contributed by atoms with Crippen LogP contribution in [0.3, 0.4) is 0 Å². The van der Waals surface area contributed by atoms with Crippen LogP contribution in [0.25, 0.3) is 10.9 Å². The summed E-state index contributed by atoms with van der Waals surface area (Å²) < 4.78 is 25.1. The quantitative estimate of drug-likeness (QED) is 0.352. The molecule has 0 radical (unpaired) electrons. The molecule has 4 aromatic rings. The highest BCUT2D eigenvalue weighted by molar-refractivity contribution is 6.32. The van der Waals surface area contributed by atoms with E-state index in [-0.39, 0.29) is 18.3 Å². The molecule has 1 aliphatic heterocycles. The normalized spacial score (nSPS) is 12.6. The Kier molecular flexibility index (Phi) is 6.20. The molecular formula is C26H20ClFN4O3. The third-order valence-corrected chi connectivity index (χ3v) is 5.80. The highest BCUT2D eigenvalue weighted by atomic mass is 35.5. The van der Waals surface area contributed by atoms with Crippen molar-refractivity contribution in [1.29, 1.82) is 0 Å². The van der Waals surface area contributed by atoms with E-state index in [0.29, 0.717) is 63.3 Å². The average molecular weight is 491 g/mol. The average Bonchev–Trinajstić information content (AvgIpc) is 2.87. The van der Waals surface area contributed by atoms with Crippen molar-refractivity contribution in [2.75, 3.05) is 23.4 Å². The van der Waals surface area contributed by atoms with Gasteiger partial charge in [-0.05, 0) is 54.1 Å². The van der Waals surface area contributed by atoms with Gasteiger partial charge in [0.25, 0.3) is 5.91 Å². The van der Waals surface area contributed by atoms with Crippen LogP contribution in [0.15, 0.2) is 73.6 Å². The number of carbonyl (C=O) groups is 1. The van der Waals surface area contributed by atoms with Crippen LogP contribution < -0.4 is 19.7 Å². The second-order valence-electron chi connectivity index (χ2n) is 7.76. The van der Waals surface area contributed by atoms with Crippen LogP contribution in [0, 0.1) is 5.82 Å². The number of halogens is 2. The van der Waals surface area contributed by atoms with Gasteiger partial charge in [-0.2, -0.15) is 0 Å². The molecule has 0 spiro atoms. The van der Waals surface area contributed by atoms with E-state index in [1.807, 2.05) is 6.07 Å². The molecule has 9 heteroatoms. The number of anilines is 3. The summed E-state index contributed by atoms with van der Waals surface area (Å²) in [6.45, 7) is 4.53. The monoisotopic (exact) mass is 490 g/mol. The lowest BCUT2D eigenvalue weighted by Gasteiger charge is -2.29. The number of hydrogen-bond donors (Lipinski definition) is 1. The van der Waals surface area contributed by atoms with Crippen molar-refractivity contribution >= 4 is 45.6 Å². The van der Waals surface area contributed by atoms with E-state index in [9.17, 15) is 9.18 Å². The minimum absolute atomic E-state index is 0.185. The van der Waals surface area contributed by atoms with Crippen molar-refractivity contribution < 1.29 is 18.7 Å². The molecule has 1 N–H and O–H groups in total. The van der Waals surface area contributed by atoms with Crippen LogP contribution in [-0.4, -0.2) is 29.0 Å². The molecule has 1 aromatic heterocycles. The molecule has 0 atom stereocenters. The highest BCUT2D eigenvalue weighted by Gasteiger charge is 2.26. The second kappa shape index (κ2) is 9.60. The fourth-order valence-corrected chi connectivity index (χ4v) is 4.12. The zero-order valence-electron chi connectivity index (χ0n) is 18.5. The number of carbonyl (C=O) groups excluding carboxylic acids is 1. The number of fused-ring (bicyclic) bond motifs is 3. The summed E-state index contributed by atoms with van der Waals surface area (Å²) in [6, 6.07) is 15.0. The van der Waals surface area contributed by atoms with Crippen LogP contribution >= 0.6 is 11.6 Å². The van der Waals surface area contributed by atoms with Crippen molar-refractivity contribution in [3.63, 3.8) is 0 Å². The lowest BCUT2D eigenvalue weighted by Crippen LogP contribution is -2.36. The SMILES string of the molecule is C=CC(=O)N1CCOc2c1ccc1ncnc(Nc3ccc(OCc4cccc(F)c4)c(Cl)c3)c21. The number of nitrogens with one attached hydrogen (secondary N) is 1. The summed E-state index contributed by atoms with van der Waals surface area (Å²) in [7, 11) is 0. The van der Waals surface area contributed by atoms with Crippen LogP contribution in [0.5, 0.6) is 11.5 Å². The van der Waals surface area contributed by atoms with Gasteiger partial charge in [-0.1, -0.05) is 30.3 Å². The predicted molar refractivity (Wildman–Crippen MR) is 133 cm³/mol. The lowest BCUT2D eigenvalue weighted by molar-refractivity contribution is -0.114. The summed E-state index contributed by atoms with van der Waals surface area (Å²) in [5.41, 5.74) is 2.66. The number of aromatic nitrogens is 2. The molecule has 0 saturated carbocycles. The van der Waals surface area contributed by atoms with Crippen molar-refractivity contribution in [3.05, 3.63) is 90.0 Å². The van der Waals surface area contributed by atoms with E-state index in [0.717, 1.165) is 0 Å². The van der Waals surface area contributed by atoms with Crippen molar-refractivity contribution in [2.24, 2.45) is 0 Å². The van der Waals surface area contributed by atoms with Crippen LogP contribution in [0.2, 0.25) is 5.02 Å². The van der Waals surface area contributed by atoms with Gasteiger partial charge in [0.1, 0.15) is 36.9 Å². The fourth-order valence-electron chi connectivity index (χ4n) is 3.88. The van der Waals surface area contributed by atoms with Crippen LogP contribution in [-0.2, 0) is 11.4 Å². The summed E-state index contributed by atoms with van der Waals surface area (Å²) >= 11 is 6.45. The van der Waals surface area contributed by atoms with Gasteiger partial charge in [0.05, 0.1) is 28.2 Å². The largest absolute Gasteiger partial charge is 0.489 e. The zero-order valence-corrected chi connectivity index (χ0v) is 19.3. The number of hydrogen-bond acceptors (Lipinski definition) is 6. The molecule has 176 valence electrons. The Morgan fingerprint density at radius 2 is 2.11 bits per heavy atom. The highest BCUT2D eigenvalue weighted by Crippen LogP contribution is 2.41. The predicted octanol–water partition coefficient (Wildman–Crippen LogP) is 5.66. The molecule has 1 aliphatic rings. The van der Waals surface area contributed by atoms with Gasteiger partial charge in [-0.25, -0.2) is 14.4 Å². The molecule has 0 bridgehead atoms. The summed E-state index contributed by atoms with van der Waals surface area (Å²) in [6.07, 6.45) is 2.73. The minimum atomic E-state index is -0.322. The van der Waals surface area contributed by atoms with E-state index < -0.39 is 0 Å². The molecule has 2 heterocycles. The lowest BCUT2D eigenvalue weighted by atomic mass is 10.1. The topological polar surface area (TPSA) is 76.6 Å². The van der Waals surface area contributed by atoms with Crippen LogP contribution in [0.4, 0.5) is 21.6 Å². The number of amides is 1. The Hall–Kier alpha value is -4.17. The van der Waals surface area contributed by atoms with E-state index in [1.54, 1.807) is 41.3 Å². The van der Waals surface area contributed by atoms with Crippen LogP contribution in [0.1, 0.15) is 5.56 Å². The first-order valence-electron chi connectivity index (χ1n) is 10.8. The first kappa shape index (κ1) is 22.6. The molecule has 5 rings (SSSR count). The smallest absolute Gasteiger partial charge is 0.250 e. The first-order valence-corrected chi connectivity index (χ1v) is 11.2. The van der Waals surface area contributed by atoms with Gasteiger partial charge in [-0.3, -0.25) is 4.79 Å². The molecule has 7 nitrogen and oxygen atoms in total. The summed E-state index contributed by atoms with van der Waals surface area (Å²) in [5.74, 6) is 0.962. The molecule has 0 aliphatic carbocycles. The first-order chi connectivity index (χ1) is 17.0. The van der Waals surface area contributed by atoms with Gasteiger partial charge >= 0.3 is 0 Å². The van der Waals surface area contributed by atoms with E-state index >= 15 is 0 Å². The maximum atomic E-state index is 13.4. The molecular weight excluding hydrogens is 471 g/mol. The van der Waals surface area contributed by atoms with E-state index in [4.69, 9.17) is 21.1 Å². The Bertz CT molecular complexity index is 1450. The number of benzene rings is 3. The zero-order chi connectivity index (χ0) is 24.4. The van der Waals surface area contributed by atoms with Gasteiger partial charge in [0.2, 0.25) is 0 Å². The molecule has 0 unspecified atom stereocenters. The maximum absolute atomic E-state index is 13.4. The van der Waals surface area contributed by atoms with Gasteiger partial charge in [-0.15, -0.1) is 0 Å². The van der Waals surface area contributed by atoms with Gasteiger partial charge < -0.3 is 19.7 Å². The van der Waals surface area contributed by atoms with E-state index in [2.05, 4.69) is 21.9 Å². The minimum Gasteiger partial charge on any atom is -0.489 e.